The lowest BCUT2D eigenvalue weighted by atomic mass is 9.82. The molecule has 0 radical (unpaired) electrons. The van der Waals surface area contributed by atoms with Crippen molar-refractivity contribution in [1.29, 1.82) is 0 Å². The van der Waals surface area contributed by atoms with Crippen molar-refractivity contribution >= 4 is 6.09 Å². The van der Waals surface area contributed by atoms with Crippen LogP contribution in [0.25, 0.3) is 0 Å². The van der Waals surface area contributed by atoms with Crippen molar-refractivity contribution < 1.29 is 18.3 Å². The quantitative estimate of drug-likeness (QED) is 0.787. The number of halogens is 2. The minimum absolute atomic E-state index is 0.423. The highest BCUT2D eigenvalue weighted by molar-refractivity contribution is 5.67. The molecule has 2 atom stereocenters. The Morgan fingerprint density at radius 3 is 2.50 bits per heavy atom. The van der Waals surface area contributed by atoms with Gasteiger partial charge in [0.1, 0.15) is 5.60 Å². The zero-order valence-electron chi connectivity index (χ0n) is 14.2. The van der Waals surface area contributed by atoms with Crippen LogP contribution in [0.3, 0.4) is 0 Å². The molecule has 1 fully saturated rings. The molecule has 1 aliphatic carbocycles. The van der Waals surface area contributed by atoms with E-state index in [2.05, 4.69) is 17.6 Å². The summed E-state index contributed by atoms with van der Waals surface area (Å²) in [6.07, 6.45) is 3.83. The lowest BCUT2D eigenvalue weighted by Crippen LogP contribution is -2.45. The van der Waals surface area contributed by atoms with E-state index in [1.807, 2.05) is 0 Å². The molecule has 0 heterocycles. The maximum atomic E-state index is 13.7. The van der Waals surface area contributed by atoms with Gasteiger partial charge in [0.2, 0.25) is 0 Å². The van der Waals surface area contributed by atoms with Crippen LogP contribution in [0.2, 0.25) is 0 Å². The van der Waals surface area contributed by atoms with Crippen LogP contribution in [0.1, 0.15) is 53.4 Å². The molecule has 6 heteroatoms. The number of nitrogens with one attached hydrogen (secondary N) is 2. The molecule has 0 saturated heterocycles. The van der Waals surface area contributed by atoms with E-state index in [4.69, 9.17) is 4.74 Å². The van der Waals surface area contributed by atoms with Gasteiger partial charge in [-0.2, -0.15) is 0 Å². The number of alkyl halides is 2. The molecule has 0 bridgehead atoms. The number of hydrogen-bond acceptors (Lipinski definition) is 3. The second-order valence-corrected chi connectivity index (χ2v) is 7.48. The van der Waals surface area contributed by atoms with Crippen LogP contribution in [0.5, 0.6) is 0 Å². The summed E-state index contributed by atoms with van der Waals surface area (Å²) in [4.78, 5) is 11.4. The average Bonchev–Trinajstić information content (AvgIpc) is 2.34. The van der Waals surface area contributed by atoms with Crippen molar-refractivity contribution in [3.05, 3.63) is 0 Å². The van der Waals surface area contributed by atoms with Crippen LogP contribution < -0.4 is 10.6 Å². The molecule has 1 amide bonds. The fourth-order valence-corrected chi connectivity index (χ4v) is 2.78. The number of alkyl carbamates (subject to hydrolysis) is 1. The van der Waals surface area contributed by atoms with Gasteiger partial charge in [0.15, 0.2) is 0 Å². The standard InChI is InChI=1S/C16H30F2N2O2/c1-12-6-5-7-13(8-12)9-19-10-16(17,18)11-20-14(21)22-15(2,3)4/h12-13,19H,5-11H2,1-4H3,(H,20,21). The third-order valence-electron chi connectivity index (χ3n) is 3.75. The second-order valence-electron chi connectivity index (χ2n) is 7.48. The molecule has 0 spiro atoms. The molecular formula is C16H30F2N2O2. The van der Waals surface area contributed by atoms with Gasteiger partial charge in [-0.15, -0.1) is 0 Å². The summed E-state index contributed by atoms with van der Waals surface area (Å²) in [6.45, 7) is 6.77. The van der Waals surface area contributed by atoms with Crippen molar-refractivity contribution in [2.24, 2.45) is 11.8 Å². The number of amides is 1. The average molecular weight is 320 g/mol. The van der Waals surface area contributed by atoms with Crippen LogP contribution in [0, 0.1) is 11.8 Å². The van der Waals surface area contributed by atoms with E-state index in [1.54, 1.807) is 20.8 Å². The molecule has 130 valence electrons. The minimum Gasteiger partial charge on any atom is -0.444 e. The molecule has 22 heavy (non-hydrogen) atoms. The summed E-state index contributed by atoms with van der Waals surface area (Å²) in [6, 6.07) is 0. The maximum absolute atomic E-state index is 13.7. The summed E-state index contributed by atoms with van der Waals surface area (Å²) in [5.74, 6) is -1.80. The Hall–Kier alpha value is -0.910. The first kappa shape index (κ1) is 19.1. The third-order valence-corrected chi connectivity index (χ3v) is 3.75. The molecule has 2 N–H and O–H groups in total. The van der Waals surface area contributed by atoms with E-state index in [0.29, 0.717) is 18.4 Å². The summed E-state index contributed by atoms with van der Waals surface area (Å²) in [5.41, 5.74) is -0.685. The molecule has 1 rings (SSSR count). The Morgan fingerprint density at radius 2 is 1.91 bits per heavy atom. The molecule has 1 saturated carbocycles. The molecule has 1 aliphatic rings. The first-order valence-corrected chi connectivity index (χ1v) is 8.13. The van der Waals surface area contributed by atoms with Gasteiger partial charge in [-0.05, 0) is 52.0 Å². The molecule has 0 aromatic carbocycles. The smallest absolute Gasteiger partial charge is 0.407 e. The van der Waals surface area contributed by atoms with Crippen LogP contribution in [-0.2, 0) is 4.74 Å². The zero-order chi connectivity index (χ0) is 16.8. The van der Waals surface area contributed by atoms with Gasteiger partial charge in [0.25, 0.3) is 5.92 Å². The Labute approximate surface area is 132 Å². The van der Waals surface area contributed by atoms with E-state index in [-0.39, 0.29) is 0 Å². The lowest BCUT2D eigenvalue weighted by molar-refractivity contribution is -0.00444. The molecular weight excluding hydrogens is 290 g/mol. The molecule has 0 aromatic heterocycles. The Balaban J connectivity index is 2.21. The molecule has 2 unspecified atom stereocenters. The maximum Gasteiger partial charge on any atom is 0.407 e. The monoisotopic (exact) mass is 320 g/mol. The topological polar surface area (TPSA) is 50.4 Å². The van der Waals surface area contributed by atoms with Crippen LogP contribution >= 0.6 is 0 Å². The summed E-state index contributed by atoms with van der Waals surface area (Å²) in [5, 5.41) is 4.97. The van der Waals surface area contributed by atoms with Crippen molar-refractivity contribution in [2.45, 2.75) is 64.9 Å². The van der Waals surface area contributed by atoms with E-state index in [9.17, 15) is 13.6 Å². The van der Waals surface area contributed by atoms with Crippen LogP contribution in [0.15, 0.2) is 0 Å². The summed E-state index contributed by atoms with van der Waals surface area (Å²) in [7, 11) is 0. The Morgan fingerprint density at radius 1 is 1.23 bits per heavy atom. The van der Waals surface area contributed by atoms with Gasteiger partial charge in [-0.3, -0.25) is 0 Å². The molecule has 4 nitrogen and oxygen atoms in total. The van der Waals surface area contributed by atoms with Gasteiger partial charge in [0.05, 0.1) is 13.1 Å². The third kappa shape index (κ3) is 8.51. The molecule has 0 aromatic rings. The summed E-state index contributed by atoms with van der Waals surface area (Å²) >= 11 is 0. The molecule has 0 aliphatic heterocycles. The van der Waals surface area contributed by atoms with Crippen molar-refractivity contribution in [2.75, 3.05) is 19.6 Å². The number of hydrogen-bond donors (Lipinski definition) is 2. The van der Waals surface area contributed by atoms with Gasteiger partial charge < -0.3 is 15.4 Å². The first-order chi connectivity index (χ1) is 10.1. The highest BCUT2D eigenvalue weighted by Crippen LogP contribution is 2.28. The number of carbonyl (C=O) groups excluding carboxylic acids is 1. The van der Waals surface area contributed by atoms with E-state index in [0.717, 1.165) is 12.8 Å². The number of carbonyl (C=O) groups is 1. The number of ether oxygens (including phenoxy) is 1. The predicted octanol–water partition coefficient (Wildman–Crippen LogP) is 3.56. The van der Waals surface area contributed by atoms with E-state index >= 15 is 0 Å². The summed E-state index contributed by atoms with van der Waals surface area (Å²) < 4.78 is 32.4. The van der Waals surface area contributed by atoms with Gasteiger partial charge in [-0.25, -0.2) is 13.6 Å². The fraction of sp³-hybridized carbons (Fsp3) is 0.938. The Bertz CT molecular complexity index is 357. The predicted molar refractivity (Wildman–Crippen MR) is 83.2 cm³/mol. The van der Waals surface area contributed by atoms with E-state index < -0.39 is 30.7 Å². The second kappa shape index (κ2) is 8.09. The van der Waals surface area contributed by atoms with Crippen molar-refractivity contribution in [3.8, 4) is 0 Å². The van der Waals surface area contributed by atoms with E-state index in [1.165, 1.54) is 12.8 Å². The zero-order valence-corrected chi connectivity index (χ0v) is 14.2. The van der Waals surface area contributed by atoms with Gasteiger partial charge >= 0.3 is 6.09 Å². The van der Waals surface area contributed by atoms with Crippen LogP contribution in [0.4, 0.5) is 13.6 Å². The van der Waals surface area contributed by atoms with Gasteiger partial charge in [-0.1, -0.05) is 19.8 Å². The fourth-order valence-electron chi connectivity index (χ4n) is 2.78. The first-order valence-electron chi connectivity index (χ1n) is 8.13. The Kier molecular flexibility index (Phi) is 7.03. The van der Waals surface area contributed by atoms with Crippen molar-refractivity contribution in [3.63, 3.8) is 0 Å². The normalized spacial score (nSPS) is 23.2. The highest BCUT2D eigenvalue weighted by atomic mass is 19.3. The SMILES string of the molecule is CC1CCCC(CNCC(F)(F)CNC(=O)OC(C)(C)C)C1. The lowest BCUT2D eigenvalue weighted by Gasteiger charge is -2.27. The highest BCUT2D eigenvalue weighted by Gasteiger charge is 2.30. The number of rotatable bonds is 6. The van der Waals surface area contributed by atoms with Gasteiger partial charge in [0, 0.05) is 0 Å². The van der Waals surface area contributed by atoms with Crippen molar-refractivity contribution in [1.82, 2.24) is 10.6 Å². The van der Waals surface area contributed by atoms with Crippen LogP contribution in [-0.4, -0.2) is 37.3 Å². The minimum atomic E-state index is -2.98. The largest absolute Gasteiger partial charge is 0.444 e.